The molecule has 2 N–H and O–H groups in total. The fourth-order valence-electron chi connectivity index (χ4n) is 2.11. The molecule has 9 heteroatoms. The minimum Gasteiger partial charge on any atom is -0.444 e. The molecule has 2 rings (SSSR count). The van der Waals surface area contributed by atoms with Crippen LogP contribution in [0.1, 0.15) is 35.4 Å². The number of thioether (sulfide) groups is 1. The van der Waals surface area contributed by atoms with E-state index >= 15 is 0 Å². The van der Waals surface area contributed by atoms with Crippen molar-refractivity contribution in [3.05, 3.63) is 29.0 Å². The van der Waals surface area contributed by atoms with Crippen molar-refractivity contribution in [3.63, 3.8) is 0 Å². The van der Waals surface area contributed by atoms with Gasteiger partial charge in [0.1, 0.15) is 18.1 Å². The highest BCUT2D eigenvalue weighted by Gasteiger charge is 2.08. The van der Waals surface area contributed by atoms with Crippen LogP contribution in [0, 0.1) is 20.8 Å². The van der Waals surface area contributed by atoms with Crippen LogP contribution in [0.15, 0.2) is 9.41 Å². The first-order chi connectivity index (χ1) is 12.0. The number of nitrogens with zero attached hydrogens (tertiary/aromatic N) is 5. The molecule has 0 fully saturated rings. The lowest BCUT2D eigenvalue weighted by Crippen LogP contribution is -2.37. The van der Waals surface area contributed by atoms with Crippen molar-refractivity contribution in [2.24, 2.45) is 12.0 Å². The Morgan fingerprint density at radius 3 is 2.64 bits per heavy atom. The zero-order valence-electron chi connectivity index (χ0n) is 15.6. The Hall–Kier alpha value is -2.03. The predicted octanol–water partition coefficient (Wildman–Crippen LogP) is 1.72. The minimum atomic E-state index is 0.457. The summed E-state index contributed by atoms with van der Waals surface area (Å²) in [7, 11) is 1.94. The standard InChI is InChI=1S/C16H27N7OS/c1-11-12(2)24-15(20-11)10-19-16(17-7-6-8-25-5)18-9-14-22-21-13(3)23(14)4/h6-10H2,1-5H3,(H2,17,18,19). The molecule has 0 aliphatic carbocycles. The Kier molecular flexibility index (Phi) is 7.30. The number of nitrogens with one attached hydrogen (secondary N) is 2. The van der Waals surface area contributed by atoms with Crippen molar-refractivity contribution in [3.8, 4) is 0 Å². The summed E-state index contributed by atoms with van der Waals surface area (Å²) >= 11 is 1.84. The van der Waals surface area contributed by atoms with Crippen LogP contribution in [0.5, 0.6) is 0 Å². The lowest BCUT2D eigenvalue weighted by molar-refractivity contribution is 0.463. The van der Waals surface area contributed by atoms with Crippen LogP contribution in [-0.4, -0.2) is 44.3 Å². The van der Waals surface area contributed by atoms with E-state index in [9.17, 15) is 0 Å². The first-order valence-corrected chi connectivity index (χ1v) is 9.69. The van der Waals surface area contributed by atoms with E-state index in [1.807, 2.05) is 44.1 Å². The van der Waals surface area contributed by atoms with Crippen LogP contribution < -0.4 is 10.6 Å². The van der Waals surface area contributed by atoms with Crippen LogP contribution in [0.3, 0.4) is 0 Å². The van der Waals surface area contributed by atoms with E-state index in [0.717, 1.165) is 47.8 Å². The molecule has 0 aliphatic heterocycles. The quantitative estimate of drug-likeness (QED) is 0.418. The van der Waals surface area contributed by atoms with Crippen LogP contribution in [-0.2, 0) is 20.1 Å². The maximum atomic E-state index is 5.61. The van der Waals surface area contributed by atoms with Gasteiger partial charge in [-0.3, -0.25) is 0 Å². The number of aryl methyl sites for hydroxylation is 3. The van der Waals surface area contributed by atoms with Crippen molar-refractivity contribution in [2.75, 3.05) is 18.6 Å². The summed E-state index contributed by atoms with van der Waals surface area (Å²) < 4.78 is 7.55. The fourth-order valence-corrected chi connectivity index (χ4v) is 2.54. The molecule has 0 atom stereocenters. The summed E-state index contributed by atoms with van der Waals surface area (Å²) in [5.41, 5.74) is 0.915. The third kappa shape index (κ3) is 5.77. The van der Waals surface area contributed by atoms with Gasteiger partial charge in [0, 0.05) is 13.6 Å². The Morgan fingerprint density at radius 2 is 2.04 bits per heavy atom. The zero-order chi connectivity index (χ0) is 18.2. The van der Waals surface area contributed by atoms with Gasteiger partial charge in [-0.15, -0.1) is 10.2 Å². The maximum absolute atomic E-state index is 5.61. The third-order valence-corrected chi connectivity index (χ3v) is 4.56. The highest BCUT2D eigenvalue weighted by Crippen LogP contribution is 2.07. The van der Waals surface area contributed by atoms with Gasteiger partial charge in [0.05, 0.1) is 12.2 Å². The van der Waals surface area contributed by atoms with E-state index in [4.69, 9.17) is 4.42 Å². The molecule has 8 nitrogen and oxygen atoms in total. The third-order valence-electron chi connectivity index (χ3n) is 3.86. The largest absolute Gasteiger partial charge is 0.444 e. The number of guanidine groups is 1. The van der Waals surface area contributed by atoms with Gasteiger partial charge in [-0.05, 0) is 39.2 Å². The maximum Gasteiger partial charge on any atom is 0.214 e. The average Bonchev–Trinajstić information content (AvgIpc) is 3.08. The molecule has 0 saturated carbocycles. The Morgan fingerprint density at radius 1 is 1.24 bits per heavy atom. The van der Waals surface area contributed by atoms with Gasteiger partial charge < -0.3 is 19.6 Å². The second kappa shape index (κ2) is 9.45. The first kappa shape index (κ1) is 19.3. The lowest BCUT2D eigenvalue weighted by Gasteiger charge is -2.11. The minimum absolute atomic E-state index is 0.457. The molecular formula is C16H27N7OS. The first-order valence-electron chi connectivity index (χ1n) is 8.30. The van der Waals surface area contributed by atoms with Crippen molar-refractivity contribution < 1.29 is 4.42 Å². The van der Waals surface area contributed by atoms with Crippen LogP contribution in [0.25, 0.3) is 0 Å². The molecule has 2 aromatic heterocycles. The molecule has 0 bridgehead atoms. The topological polar surface area (TPSA) is 93.2 Å². The molecule has 25 heavy (non-hydrogen) atoms. The van der Waals surface area contributed by atoms with E-state index < -0.39 is 0 Å². The molecule has 2 aromatic rings. The van der Waals surface area contributed by atoms with Gasteiger partial charge in [-0.2, -0.15) is 11.8 Å². The summed E-state index contributed by atoms with van der Waals surface area (Å²) in [6.07, 6.45) is 3.18. The van der Waals surface area contributed by atoms with E-state index in [2.05, 4.69) is 37.1 Å². The van der Waals surface area contributed by atoms with Crippen molar-refractivity contribution in [1.29, 1.82) is 0 Å². The Labute approximate surface area is 152 Å². The SMILES string of the molecule is CSCCCNC(=NCc1nnc(C)n1C)NCc1nc(C)c(C)o1. The Bertz CT molecular complexity index is 688. The predicted molar refractivity (Wildman–Crippen MR) is 101 cm³/mol. The molecule has 138 valence electrons. The summed E-state index contributed by atoms with van der Waals surface area (Å²) in [4.78, 5) is 8.99. The smallest absolute Gasteiger partial charge is 0.214 e. The lowest BCUT2D eigenvalue weighted by atomic mass is 10.4. The van der Waals surface area contributed by atoms with Gasteiger partial charge in [0.25, 0.3) is 0 Å². The molecule has 0 saturated heterocycles. The Balaban J connectivity index is 1.98. The molecule has 0 aromatic carbocycles. The molecule has 2 heterocycles. The van der Waals surface area contributed by atoms with E-state index in [1.165, 1.54) is 0 Å². The molecular weight excluding hydrogens is 338 g/mol. The number of aromatic nitrogens is 4. The van der Waals surface area contributed by atoms with E-state index in [0.29, 0.717) is 19.0 Å². The molecule has 0 unspecified atom stereocenters. The van der Waals surface area contributed by atoms with Crippen LogP contribution in [0.2, 0.25) is 0 Å². The highest BCUT2D eigenvalue weighted by atomic mass is 32.2. The fraction of sp³-hybridized carbons (Fsp3) is 0.625. The number of aliphatic imine (C=N–C) groups is 1. The number of hydrogen-bond acceptors (Lipinski definition) is 6. The number of rotatable bonds is 8. The van der Waals surface area contributed by atoms with Crippen LogP contribution in [0.4, 0.5) is 0 Å². The number of hydrogen-bond donors (Lipinski definition) is 2. The van der Waals surface area contributed by atoms with Gasteiger partial charge in [-0.1, -0.05) is 0 Å². The van der Waals surface area contributed by atoms with Crippen molar-refractivity contribution in [1.82, 2.24) is 30.4 Å². The van der Waals surface area contributed by atoms with Gasteiger partial charge in [0.2, 0.25) is 5.89 Å². The van der Waals surface area contributed by atoms with Gasteiger partial charge in [0.15, 0.2) is 11.8 Å². The summed E-state index contributed by atoms with van der Waals surface area (Å²) in [5, 5.41) is 14.8. The molecule has 0 spiro atoms. The molecule has 0 amide bonds. The van der Waals surface area contributed by atoms with Gasteiger partial charge in [-0.25, -0.2) is 9.98 Å². The summed E-state index contributed by atoms with van der Waals surface area (Å²) in [5.74, 6) is 5.03. The molecule has 0 radical (unpaired) electrons. The summed E-state index contributed by atoms with van der Waals surface area (Å²) in [6.45, 7) is 7.58. The summed E-state index contributed by atoms with van der Waals surface area (Å²) in [6, 6.07) is 0. The second-order valence-corrected chi connectivity index (χ2v) is 6.75. The van der Waals surface area contributed by atoms with E-state index in [-0.39, 0.29) is 0 Å². The van der Waals surface area contributed by atoms with Crippen molar-refractivity contribution in [2.45, 2.75) is 40.3 Å². The highest BCUT2D eigenvalue weighted by molar-refractivity contribution is 7.98. The van der Waals surface area contributed by atoms with Crippen molar-refractivity contribution >= 4 is 17.7 Å². The van der Waals surface area contributed by atoms with Crippen LogP contribution >= 0.6 is 11.8 Å². The second-order valence-electron chi connectivity index (χ2n) is 5.76. The van der Waals surface area contributed by atoms with E-state index in [1.54, 1.807) is 0 Å². The monoisotopic (exact) mass is 365 g/mol. The normalized spacial score (nSPS) is 11.8. The number of oxazole rings is 1. The molecule has 0 aliphatic rings. The average molecular weight is 366 g/mol. The zero-order valence-corrected chi connectivity index (χ0v) is 16.4. The van der Waals surface area contributed by atoms with Gasteiger partial charge >= 0.3 is 0 Å².